The monoisotopic (exact) mass is 500 g/mol. The van der Waals surface area contributed by atoms with Crippen molar-refractivity contribution < 1.29 is 19.1 Å². The quantitative estimate of drug-likeness (QED) is 0.214. The van der Waals surface area contributed by atoms with Crippen molar-refractivity contribution in [2.45, 2.75) is 52.0 Å². The molecule has 1 N–H and O–H groups in total. The molecule has 1 aliphatic rings. The van der Waals surface area contributed by atoms with E-state index < -0.39 is 23.5 Å². The number of amides is 1. The fraction of sp³-hybridized carbons (Fsp3) is 0.429. The van der Waals surface area contributed by atoms with Crippen molar-refractivity contribution in [2.24, 2.45) is 0 Å². The Kier molecular flexibility index (Phi) is 9.87. The standard InChI is InChI=1S/C28H34ClFN2O3/c1-3-5-16-31(17-6-4-2)18-9-19-32-25(22-10-7-8-11-23(22)30)24(27(34)28(32)35)26(33)20-12-14-21(29)15-13-20/h7-8,10-15,25,33H,3-6,9,16-19H2,1-2H3/b26-24+. The highest BCUT2D eigenvalue weighted by atomic mass is 35.5. The number of aliphatic hydroxyl groups is 1. The van der Waals surface area contributed by atoms with Gasteiger partial charge in [0.1, 0.15) is 11.6 Å². The van der Waals surface area contributed by atoms with Crippen LogP contribution in [0.15, 0.2) is 54.1 Å². The summed E-state index contributed by atoms with van der Waals surface area (Å²) < 4.78 is 14.9. The normalized spacial score (nSPS) is 17.5. The Labute approximate surface area is 212 Å². The molecule has 3 rings (SSSR count). The van der Waals surface area contributed by atoms with Crippen LogP contribution in [0.3, 0.4) is 0 Å². The number of carbonyl (C=O) groups is 2. The molecular weight excluding hydrogens is 467 g/mol. The van der Waals surface area contributed by atoms with Crippen LogP contribution in [-0.4, -0.2) is 52.8 Å². The summed E-state index contributed by atoms with van der Waals surface area (Å²) in [4.78, 5) is 30.0. The number of carbonyl (C=O) groups excluding carboxylic acids is 2. The fourth-order valence-corrected chi connectivity index (χ4v) is 4.58. The lowest BCUT2D eigenvalue weighted by atomic mass is 9.95. The minimum absolute atomic E-state index is 0.101. The maximum atomic E-state index is 14.9. The lowest BCUT2D eigenvalue weighted by molar-refractivity contribution is -0.140. The molecule has 1 unspecified atom stereocenters. The largest absolute Gasteiger partial charge is 0.507 e. The van der Waals surface area contributed by atoms with Crippen LogP contribution in [0, 0.1) is 5.82 Å². The highest BCUT2D eigenvalue weighted by molar-refractivity contribution is 6.46. The third kappa shape index (κ3) is 6.50. The second kappa shape index (κ2) is 12.8. The van der Waals surface area contributed by atoms with E-state index in [4.69, 9.17) is 11.6 Å². The van der Waals surface area contributed by atoms with Gasteiger partial charge in [0.25, 0.3) is 11.7 Å². The first-order valence-corrected chi connectivity index (χ1v) is 12.8. The third-order valence-corrected chi connectivity index (χ3v) is 6.64. The van der Waals surface area contributed by atoms with E-state index in [1.807, 2.05) is 0 Å². The Balaban J connectivity index is 1.92. The summed E-state index contributed by atoms with van der Waals surface area (Å²) in [5.74, 6) is -2.39. The molecule has 1 amide bonds. The average Bonchev–Trinajstić information content (AvgIpc) is 3.10. The van der Waals surface area contributed by atoms with Crippen LogP contribution in [-0.2, 0) is 9.59 Å². The molecule has 1 fully saturated rings. The Morgan fingerprint density at radius 3 is 2.17 bits per heavy atom. The Morgan fingerprint density at radius 2 is 1.57 bits per heavy atom. The van der Waals surface area contributed by atoms with Gasteiger partial charge in [-0.1, -0.05) is 56.5 Å². The number of hydrogen-bond acceptors (Lipinski definition) is 4. The van der Waals surface area contributed by atoms with Gasteiger partial charge in [-0.25, -0.2) is 4.39 Å². The van der Waals surface area contributed by atoms with Crippen LogP contribution >= 0.6 is 11.6 Å². The molecule has 1 saturated heterocycles. The first-order chi connectivity index (χ1) is 16.9. The number of ketones is 1. The highest BCUT2D eigenvalue weighted by Crippen LogP contribution is 2.40. The Hall–Kier alpha value is -2.70. The van der Waals surface area contributed by atoms with E-state index in [0.29, 0.717) is 17.0 Å². The Morgan fingerprint density at radius 1 is 0.971 bits per heavy atom. The molecule has 2 aromatic rings. The van der Waals surface area contributed by atoms with Crippen molar-refractivity contribution in [3.8, 4) is 0 Å². The van der Waals surface area contributed by atoms with E-state index in [9.17, 15) is 19.1 Å². The first-order valence-electron chi connectivity index (χ1n) is 12.4. The van der Waals surface area contributed by atoms with Crippen LogP contribution < -0.4 is 0 Å². The van der Waals surface area contributed by atoms with Gasteiger partial charge in [-0.05, 0) is 69.2 Å². The van der Waals surface area contributed by atoms with Gasteiger partial charge in [-0.3, -0.25) is 9.59 Å². The third-order valence-electron chi connectivity index (χ3n) is 6.39. The minimum atomic E-state index is -0.994. The predicted octanol–water partition coefficient (Wildman–Crippen LogP) is 6.19. The van der Waals surface area contributed by atoms with Crippen molar-refractivity contribution >= 4 is 29.1 Å². The van der Waals surface area contributed by atoms with Crippen molar-refractivity contribution in [1.82, 2.24) is 9.80 Å². The van der Waals surface area contributed by atoms with Crippen LogP contribution in [0.2, 0.25) is 5.02 Å². The second-order valence-electron chi connectivity index (χ2n) is 8.92. The highest BCUT2D eigenvalue weighted by Gasteiger charge is 2.46. The van der Waals surface area contributed by atoms with Gasteiger partial charge in [0.05, 0.1) is 11.6 Å². The summed E-state index contributed by atoms with van der Waals surface area (Å²) in [6.45, 7) is 7.37. The zero-order chi connectivity index (χ0) is 25.4. The number of likely N-dealkylation sites (tertiary alicyclic amines) is 1. The van der Waals surface area contributed by atoms with Gasteiger partial charge in [-0.2, -0.15) is 0 Å². The number of Topliss-reactive ketones (excluding diaryl/α,β-unsaturated/α-hetero) is 1. The molecule has 0 spiro atoms. The predicted molar refractivity (Wildman–Crippen MR) is 138 cm³/mol. The van der Waals surface area contributed by atoms with E-state index in [1.54, 1.807) is 42.5 Å². The molecule has 0 aromatic heterocycles. The van der Waals surface area contributed by atoms with Gasteiger partial charge < -0.3 is 14.9 Å². The summed E-state index contributed by atoms with van der Waals surface area (Å²) in [6, 6.07) is 11.4. The topological polar surface area (TPSA) is 60.9 Å². The second-order valence-corrected chi connectivity index (χ2v) is 9.36. The number of nitrogens with zero attached hydrogens (tertiary/aromatic N) is 2. The molecule has 188 valence electrons. The zero-order valence-corrected chi connectivity index (χ0v) is 21.2. The molecule has 7 heteroatoms. The maximum absolute atomic E-state index is 14.9. The van der Waals surface area contributed by atoms with Crippen molar-refractivity contribution in [3.63, 3.8) is 0 Å². The summed E-state index contributed by atoms with van der Waals surface area (Å²) in [5.41, 5.74) is 0.436. The summed E-state index contributed by atoms with van der Waals surface area (Å²) >= 11 is 5.96. The maximum Gasteiger partial charge on any atom is 0.295 e. The van der Waals surface area contributed by atoms with Gasteiger partial charge in [0.2, 0.25) is 0 Å². The van der Waals surface area contributed by atoms with Gasteiger partial charge in [0, 0.05) is 22.7 Å². The summed E-state index contributed by atoms with van der Waals surface area (Å²) in [6.07, 6.45) is 5.06. The molecule has 1 aliphatic heterocycles. The number of halogens is 2. The lowest BCUT2D eigenvalue weighted by Gasteiger charge is -2.27. The van der Waals surface area contributed by atoms with Gasteiger partial charge in [-0.15, -0.1) is 0 Å². The molecule has 1 atom stereocenters. The fourth-order valence-electron chi connectivity index (χ4n) is 4.46. The molecule has 0 aliphatic carbocycles. The molecule has 2 aromatic carbocycles. The van der Waals surface area contributed by atoms with E-state index in [0.717, 1.165) is 45.3 Å². The number of rotatable bonds is 12. The smallest absolute Gasteiger partial charge is 0.295 e. The number of unbranched alkanes of at least 4 members (excludes halogenated alkanes) is 2. The average molecular weight is 501 g/mol. The van der Waals surface area contributed by atoms with Crippen LogP contribution in [0.1, 0.15) is 63.1 Å². The molecule has 0 bridgehead atoms. The first kappa shape index (κ1) is 26.9. The van der Waals surface area contributed by atoms with Crippen molar-refractivity contribution in [2.75, 3.05) is 26.2 Å². The van der Waals surface area contributed by atoms with E-state index in [-0.39, 0.29) is 23.4 Å². The minimum Gasteiger partial charge on any atom is -0.507 e. The van der Waals surface area contributed by atoms with Gasteiger partial charge in [0.15, 0.2) is 0 Å². The van der Waals surface area contributed by atoms with E-state index >= 15 is 0 Å². The van der Waals surface area contributed by atoms with Crippen LogP contribution in [0.4, 0.5) is 4.39 Å². The van der Waals surface area contributed by atoms with Gasteiger partial charge >= 0.3 is 0 Å². The van der Waals surface area contributed by atoms with Crippen molar-refractivity contribution in [3.05, 3.63) is 76.1 Å². The molecule has 35 heavy (non-hydrogen) atoms. The number of benzene rings is 2. The SMILES string of the molecule is CCCCN(CCCC)CCCN1C(=O)C(=O)/C(=C(/O)c2ccc(Cl)cc2)C1c1ccccc1F. The summed E-state index contributed by atoms with van der Waals surface area (Å²) in [7, 11) is 0. The number of aliphatic hydroxyl groups excluding tert-OH is 1. The molecular formula is C28H34ClFN2O3. The van der Waals surface area contributed by atoms with Crippen molar-refractivity contribution in [1.29, 1.82) is 0 Å². The van der Waals surface area contributed by atoms with E-state index in [1.165, 1.54) is 11.0 Å². The molecule has 5 nitrogen and oxygen atoms in total. The number of hydrogen-bond donors (Lipinski definition) is 1. The lowest BCUT2D eigenvalue weighted by Crippen LogP contribution is -2.34. The van der Waals surface area contributed by atoms with E-state index in [2.05, 4.69) is 18.7 Å². The Bertz CT molecular complexity index is 1050. The van der Waals surface area contributed by atoms with Crippen LogP contribution in [0.25, 0.3) is 5.76 Å². The van der Waals surface area contributed by atoms with Crippen LogP contribution in [0.5, 0.6) is 0 Å². The summed E-state index contributed by atoms with van der Waals surface area (Å²) in [5, 5.41) is 11.5. The zero-order valence-electron chi connectivity index (χ0n) is 20.5. The molecule has 1 heterocycles. The molecule has 0 radical (unpaired) electrons. The molecule has 0 saturated carbocycles.